The van der Waals surface area contributed by atoms with Gasteiger partial charge < -0.3 is 15.4 Å². The number of hydrogen-bond acceptors (Lipinski definition) is 4. The van der Waals surface area contributed by atoms with Crippen LogP contribution in [0.5, 0.6) is 0 Å². The highest BCUT2D eigenvalue weighted by Crippen LogP contribution is 2.23. The minimum atomic E-state index is -0.299. The lowest BCUT2D eigenvalue weighted by Gasteiger charge is -2.12. The number of nitrogens with zero attached hydrogens (tertiary/aromatic N) is 2. The minimum Gasteiger partial charge on any atom is -0.378 e. The first-order valence-electron chi connectivity index (χ1n) is 9.91. The van der Waals surface area contributed by atoms with Gasteiger partial charge in [0, 0.05) is 24.4 Å². The van der Waals surface area contributed by atoms with Gasteiger partial charge in [0.05, 0.1) is 29.7 Å². The molecule has 0 radical (unpaired) electrons. The number of ether oxygens (including phenoxy) is 1. The van der Waals surface area contributed by atoms with Crippen LogP contribution in [0.4, 0.5) is 5.69 Å². The van der Waals surface area contributed by atoms with Crippen LogP contribution in [0.1, 0.15) is 44.8 Å². The fraction of sp³-hybridized carbons (Fsp3) is 0.261. The second kappa shape index (κ2) is 8.51. The van der Waals surface area contributed by atoms with Gasteiger partial charge in [0.2, 0.25) is 0 Å². The Morgan fingerprint density at radius 3 is 2.60 bits per heavy atom. The third-order valence-corrected chi connectivity index (χ3v) is 5.06. The van der Waals surface area contributed by atoms with Crippen LogP contribution in [0.2, 0.25) is 0 Å². The molecule has 3 aromatic rings. The van der Waals surface area contributed by atoms with E-state index in [9.17, 15) is 9.59 Å². The zero-order valence-electron chi connectivity index (χ0n) is 17.0. The number of methoxy groups -OCH3 is 1. The molecule has 1 fully saturated rings. The van der Waals surface area contributed by atoms with Gasteiger partial charge in [-0.2, -0.15) is 5.10 Å². The van der Waals surface area contributed by atoms with Crippen LogP contribution in [0.25, 0.3) is 5.69 Å². The van der Waals surface area contributed by atoms with E-state index >= 15 is 0 Å². The summed E-state index contributed by atoms with van der Waals surface area (Å²) in [5.74, 6) is -0.419. The van der Waals surface area contributed by atoms with Crippen LogP contribution in [0, 0.1) is 6.92 Å². The Labute approximate surface area is 175 Å². The molecule has 2 N–H and O–H groups in total. The molecule has 2 amide bonds. The molecule has 1 aliphatic carbocycles. The summed E-state index contributed by atoms with van der Waals surface area (Å²) in [6.07, 6.45) is 3.58. The average Bonchev–Trinajstić information content (AvgIpc) is 3.47. The number of aryl methyl sites for hydroxylation is 1. The first-order chi connectivity index (χ1) is 14.6. The molecule has 154 valence electrons. The van der Waals surface area contributed by atoms with E-state index < -0.39 is 0 Å². The number of amides is 2. The molecule has 2 aromatic carbocycles. The third-order valence-electron chi connectivity index (χ3n) is 5.06. The van der Waals surface area contributed by atoms with Crippen molar-refractivity contribution in [3.63, 3.8) is 0 Å². The summed E-state index contributed by atoms with van der Waals surface area (Å²) in [7, 11) is 1.58. The first-order valence-corrected chi connectivity index (χ1v) is 9.91. The summed E-state index contributed by atoms with van der Waals surface area (Å²) in [5.41, 5.74) is 3.92. The van der Waals surface area contributed by atoms with E-state index in [1.807, 2.05) is 43.3 Å². The SMILES string of the molecule is COCc1c(C(=O)Nc2cc(C(=O)NC3CC3)ccc2C)cnn1-c1ccccc1. The van der Waals surface area contributed by atoms with Gasteiger partial charge in [-0.15, -0.1) is 0 Å². The number of rotatable bonds is 7. The summed E-state index contributed by atoms with van der Waals surface area (Å²) >= 11 is 0. The highest BCUT2D eigenvalue weighted by Gasteiger charge is 2.24. The zero-order chi connectivity index (χ0) is 21.1. The number of para-hydroxylation sites is 1. The number of aromatic nitrogens is 2. The molecule has 7 heteroatoms. The van der Waals surface area contributed by atoms with Crippen LogP contribution < -0.4 is 10.6 Å². The van der Waals surface area contributed by atoms with Gasteiger partial charge in [-0.1, -0.05) is 24.3 Å². The van der Waals surface area contributed by atoms with E-state index in [4.69, 9.17) is 4.74 Å². The van der Waals surface area contributed by atoms with Crippen LogP contribution in [0.15, 0.2) is 54.7 Å². The predicted octanol–water partition coefficient (Wildman–Crippen LogP) is 3.47. The van der Waals surface area contributed by atoms with Crippen molar-refractivity contribution in [3.8, 4) is 5.69 Å². The van der Waals surface area contributed by atoms with Crippen LogP contribution in [0.3, 0.4) is 0 Å². The molecule has 4 rings (SSSR count). The van der Waals surface area contributed by atoms with E-state index in [1.165, 1.54) is 6.20 Å². The highest BCUT2D eigenvalue weighted by atomic mass is 16.5. The maximum Gasteiger partial charge on any atom is 0.259 e. The van der Waals surface area contributed by atoms with E-state index in [0.717, 1.165) is 24.1 Å². The highest BCUT2D eigenvalue weighted by molar-refractivity contribution is 6.06. The van der Waals surface area contributed by atoms with Crippen molar-refractivity contribution in [2.75, 3.05) is 12.4 Å². The maximum atomic E-state index is 13.1. The molecule has 7 nitrogen and oxygen atoms in total. The molecule has 1 aromatic heterocycles. The van der Waals surface area contributed by atoms with Crippen molar-refractivity contribution in [2.45, 2.75) is 32.4 Å². The molecular formula is C23H24N4O3. The number of carbonyl (C=O) groups excluding carboxylic acids is 2. The number of hydrogen-bond donors (Lipinski definition) is 2. The third kappa shape index (κ3) is 4.26. The van der Waals surface area contributed by atoms with Crippen molar-refractivity contribution in [2.24, 2.45) is 0 Å². The molecular weight excluding hydrogens is 380 g/mol. The van der Waals surface area contributed by atoms with Gasteiger partial charge in [0.1, 0.15) is 0 Å². The number of benzene rings is 2. The number of anilines is 1. The summed E-state index contributed by atoms with van der Waals surface area (Å²) in [6, 6.07) is 15.2. The number of nitrogens with one attached hydrogen (secondary N) is 2. The molecule has 0 saturated heterocycles. The van der Waals surface area contributed by atoms with Crippen molar-refractivity contribution < 1.29 is 14.3 Å². The lowest BCUT2D eigenvalue weighted by Crippen LogP contribution is -2.25. The van der Waals surface area contributed by atoms with E-state index in [0.29, 0.717) is 22.5 Å². The monoisotopic (exact) mass is 404 g/mol. The van der Waals surface area contributed by atoms with E-state index in [2.05, 4.69) is 15.7 Å². The van der Waals surface area contributed by atoms with Gasteiger partial charge in [-0.05, 0) is 49.6 Å². The Morgan fingerprint density at radius 2 is 1.90 bits per heavy atom. The number of carbonyl (C=O) groups is 2. The Hall–Kier alpha value is -3.45. The zero-order valence-corrected chi connectivity index (χ0v) is 17.0. The fourth-order valence-corrected chi connectivity index (χ4v) is 3.21. The molecule has 0 unspecified atom stereocenters. The standard InChI is InChI=1S/C23H24N4O3/c1-15-8-9-16(22(28)25-17-10-11-17)12-20(15)26-23(29)19-13-24-27(21(19)14-30-2)18-6-4-3-5-7-18/h3-9,12-13,17H,10-11,14H2,1-2H3,(H,25,28)(H,26,29). The van der Waals surface area contributed by atoms with E-state index in [1.54, 1.807) is 23.9 Å². The smallest absolute Gasteiger partial charge is 0.259 e. The topological polar surface area (TPSA) is 85.2 Å². The van der Waals surface area contributed by atoms with Crippen LogP contribution >= 0.6 is 0 Å². The van der Waals surface area contributed by atoms with Crippen molar-refractivity contribution >= 4 is 17.5 Å². The van der Waals surface area contributed by atoms with Crippen LogP contribution in [-0.2, 0) is 11.3 Å². The maximum absolute atomic E-state index is 13.1. The fourth-order valence-electron chi connectivity index (χ4n) is 3.21. The summed E-state index contributed by atoms with van der Waals surface area (Å²) in [5, 5.41) is 10.3. The average molecular weight is 404 g/mol. The predicted molar refractivity (Wildman–Crippen MR) is 114 cm³/mol. The molecule has 1 saturated carbocycles. The quantitative estimate of drug-likeness (QED) is 0.631. The Morgan fingerprint density at radius 1 is 1.13 bits per heavy atom. The second-order valence-electron chi connectivity index (χ2n) is 7.42. The van der Waals surface area contributed by atoms with Crippen molar-refractivity contribution in [3.05, 3.63) is 77.1 Å². The lowest BCUT2D eigenvalue weighted by molar-refractivity contribution is 0.0949. The molecule has 0 atom stereocenters. The van der Waals surface area contributed by atoms with Gasteiger partial charge >= 0.3 is 0 Å². The molecule has 1 heterocycles. The molecule has 0 bridgehead atoms. The van der Waals surface area contributed by atoms with Crippen molar-refractivity contribution in [1.82, 2.24) is 15.1 Å². The molecule has 30 heavy (non-hydrogen) atoms. The van der Waals surface area contributed by atoms with Gasteiger partial charge in [-0.3, -0.25) is 9.59 Å². The Bertz CT molecular complexity index is 1070. The minimum absolute atomic E-state index is 0.120. The lowest BCUT2D eigenvalue weighted by atomic mass is 10.1. The van der Waals surface area contributed by atoms with Crippen molar-refractivity contribution in [1.29, 1.82) is 0 Å². The summed E-state index contributed by atoms with van der Waals surface area (Å²) in [6.45, 7) is 2.13. The van der Waals surface area contributed by atoms with E-state index in [-0.39, 0.29) is 24.5 Å². The van der Waals surface area contributed by atoms with Gasteiger partial charge in [0.25, 0.3) is 11.8 Å². The largest absolute Gasteiger partial charge is 0.378 e. The molecule has 0 aliphatic heterocycles. The second-order valence-corrected chi connectivity index (χ2v) is 7.42. The van der Waals surface area contributed by atoms with Gasteiger partial charge in [0.15, 0.2) is 0 Å². The summed E-state index contributed by atoms with van der Waals surface area (Å²) < 4.78 is 7.01. The normalized spacial score (nSPS) is 13.1. The first kappa shape index (κ1) is 19.8. The summed E-state index contributed by atoms with van der Waals surface area (Å²) in [4.78, 5) is 25.4. The van der Waals surface area contributed by atoms with Crippen LogP contribution in [-0.4, -0.2) is 34.7 Å². The Balaban J connectivity index is 1.59. The molecule has 0 spiro atoms. The Kier molecular flexibility index (Phi) is 5.63. The van der Waals surface area contributed by atoms with Gasteiger partial charge in [-0.25, -0.2) is 4.68 Å². The molecule has 1 aliphatic rings.